The Morgan fingerprint density at radius 3 is 2.63 bits per heavy atom. The Kier molecular flexibility index (Phi) is 4.92. The van der Waals surface area contributed by atoms with Gasteiger partial charge in [-0.25, -0.2) is 13.4 Å². The quantitative estimate of drug-likeness (QED) is 0.815. The first kappa shape index (κ1) is 15.5. The minimum Gasteiger partial charge on any atom is -0.320 e. The van der Waals surface area contributed by atoms with E-state index in [4.69, 9.17) is 5.73 Å². The average Bonchev–Trinajstić information content (AvgIpc) is 2.22. The van der Waals surface area contributed by atoms with Gasteiger partial charge in [-0.15, -0.1) is 0 Å². The number of anilines is 1. The monoisotopic (exact) mass is 281 g/mol. The van der Waals surface area contributed by atoms with E-state index in [0.717, 1.165) is 0 Å². The molecular formula is C13H19N3O2S. The SMILES string of the molecule is CC(C)(C)CS(=O)(=O)Nc1cccc(C#CCN)n1. The van der Waals surface area contributed by atoms with Crippen molar-refractivity contribution in [2.24, 2.45) is 11.1 Å². The maximum absolute atomic E-state index is 11.9. The molecule has 0 bridgehead atoms. The zero-order chi connectivity index (χ0) is 14.5. The third-order valence-corrected chi connectivity index (χ3v) is 3.72. The van der Waals surface area contributed by atoms with Crippen LogP contribution in [0.5, 0.6) is 0 Å². The molecule has 0 unspecified atom stereocenters. The number of hydrogen-bond donors (Lipinski definition) is 2. The van der Waals surface area contributed by atoms with Gasteiger partial charge < -0.3 is 5.73 Å². The van der Waals surface area contributed by atoms with Gasteiger partial charge in [0.1, 0.15) is 11.5 Å². The highest BCUT2D eigenvalue weighted by Gasteiger charge is 2.21. The molecule has 1 aromatic rings. The van der Waals surface area contributed by atoms with E-state index in [1.165, 1.54) is 0 Å². The maximum atomic E-state index is 11.9. The minimum atomic E-state index is -3.41. The number of nitrogens with two attached hydrogens (primary N) is 1. The molecule has 0 radical (unpaired) electrons. The Morgan fingerprint density at radius 1 is 1.37 bits per heavy atom. The van der Waals surface area contributed by atoms with Gasteiger partial charge in [0.05, 0.1) is 12.3 Å². The Morgan fingerprint density at radius 2 is 2.05 bits per heavy atom. The van der Waals surface area contributed by atoms with Gasteiger partial charge in [-0.05, 0) is 23.5 Å². The summed E-state index contributed by atoms with van der Waals surface area (Å²) in [5.41, 5.74) is 5.44. The number of aromatic nitrogens is 1. The molecule has 1 aromatic heterocycles. The lowest BCUT2D eigenvalue weighted by Gasteiger charge is -2.18. The van der Waals surface area contributed by atoms with Crippen LogP contribution in [0.3, 0.4) is 0 Å². The smallest absolute Gasteiger partial charge is 0.234 e. The maximum Gasteiger partial charge on any atom is 0.234 e. The summed E-state index contributed by atoms with van der Waals surface area (Å²) < 4.78 is 26.3. The first-order valence-corrected chi connectivity index (χ1v) is 7.53. The van der Waals surface area contributed by atoms with Gasteiger partial charge in [0.15, 0.2) is 0 Å². The molecule has 1 heterocycles. The van der Waals surface area contributed by atoms with Gasteiger partial charge in [-0.2, -0.15) is 0 Å². The Balaban J connectivity index is 2.88. The molecule has 0 aliphatic heterocycles. The molecular weight excluding hydrogens is 262 g/mol. The van der Waals surface area contributed by atoms with E-state index >= 15 is 0 Å². The predicted octanol–water partition coefficient (Wildman–Crippen LogP) is 1.18. The number of nitrogens with zero attached hydrogens (tertiary/aromatic N) is 1. The fourth-order valence-electron chi connectivity index (χ4n) is 1.47. The fraction of sp³-hybridized carbons (Fsp3) is 0.462. The van der Waals surface area contributed by atoms with E-state index in [1.54, 1.807) is 18.2 Å². The number of nitrogens with one attached hydrogen (secondary N) is 1. The van der Waals surface area contributed by atoms with Crippen LogP contribution in [0.1, 0.15) is 26.5 Å². The molecule has 6 heteroatoms. The Labute approximate surface area is 114 Å². The summed E-state index contributed by atoms with van der Waals surface area (Å²) >= 11 is 0. The highest BCUT2D eigenvalue weighted by Crippen LogP contribution is 2.17. The lowest BCUT2D eigenvalue weighted by atomic mass is 10.0. The predicted molar refractivity (Wildman–Crippen MR) is 77.0 cm³/mol. The average molecular weight is 281 g/mol. The van der Waals surface area contributed by atoms with Crippen LogP contribution in [-0.4, -0.2) is 25.7 Å². The van der Waals surface area contributed by atoms with Crippen molar-refractivity contribution >= 4 is 15.8 Å². The summed E-state index contributed by atoms with van der Waals surface area (Å²) in [7, 11) is -3.41. The molecule has 0 spiro atoms. The molecule has 0 amide bonds. The van der Waals surface area contributed by atoms with Crippen molar-refractivity contribution in [2.45, 2.75) is 20.8 Å². The van der Waals surface area contributed by atoms with Crippen LogP contribution in [0.15, 0.2) is 18.2 Å². The Bertz CT molecular complexity index is 592. The van der Waals surface area contributed by atoms with E-state index in [0.29, 0.717) is 5.69 Å². The topological polar surface area (TPSA) is 85.1 Å². The summed E-state index contributed by atoms with van der Waals surface area (Å²) in [6.07, 6.45) is 0. The Hall–Kier alpha value is -1.58. The van der Waals surface area contributed by atoms with Crippen LogP contribution in [-0.2, 0) is 10.0 Å². The van der Waals surface area contributed by atoms with Crippen molar-refractivity contribution in [3.63, 3.8) is 0 Å². The molecule has 0 saturated carbocycles. The molecule has 3 N–H and O–H groups in total. The van der Waals surface area contributed by atoms with E-state index in [1.807, 2.05) is 20.8 Å². The van der Waals surface area contributed by atoms with Crippen molar-refractivity contribution in [2.75, 3.05) is 17.0 Å². The number of pyridine rings is 1. The zero-order valence-corrected chi connectivity index (χ0v) is 12.2. The van der Waals surface area contributed by atoms with Gasteiger partial charge >= 0.3 is 0 Å². The van der Waals surface area contributed by atoms with Crippen LogP contribution in [0, 0.1) is 17.3 Å². The molecule has 1 rings (SSSR count). The first-order chi connectivity index (χ1) is 8.72. The van der Waals surface area contributed by atoms with Gasteiger partial charge in [0, 0.05) is 0 Å². The molecule has 0 aliphatic rings. The summed E-state index contributed by atoms with van der Waals surface area (Å²) in [6, 6.07) is 4.99. The molecule has 0 atom stereocenters. The normalized spacial score (nSPS) is 11.6. The van der Waals surface area contributed by atoms with E-state index < -0.39 is 10.0 Å². The zero-order valence-electron chi connectivity index (χ0n) is 11.4. The second kappa shape index (κ2) is 6.04. The van der Waals surface area contributed by atoms with Gasteiger partial charge in [0.25, 0.3) is 0 Å². The summed E-state index contributed by atoms with van der Waals surface area (Å²) in [5, 5.41) is 0. The summed E-state index contributed by atoms with van der Waals surface area (Å²) in [6.45, 7) is 5.83. The van der Waals surface area contributed by atoms with Crippen LogP contribution >= 0.6 is 0 Å². The second-order valence-corrected chi connectivity index (χ2v) is 7.06. The van der Waals surface area contributed by atoms with Crippen LogP contribution in [0.2, 0.25) is 0 Å². The van der Waals surface area contributed by atoms with Crippen LogP contribution in [0.25, 0.3) is 0 Å². The number of hydrogen-bond acceptors (Lipinski definition) is 4. The van der Waals surface area contributed by atoms with Gasteiger partial charge in [-0.3, -0.25) is 4.72 Å². The second-order valence-electron chi connectivity index (χ2n) is 5.34. The first-order valence-electron chi connectivity index (χ1n) is 5.88. The van der Waals surface area contributed by atoms with Crippen molar-refractivity contribution in [1.82, 2.24) is 4.98 Å². The van der Waals surface area contributed by atoms with Crippen molar-refractivity contribution in [1.29, 1.82) is 0 Å². The molecule has 0 saturated heterocycles. The molecule has 19 heavy (non-hydrogen) atoms. The standard InChI is InChI=1S/C13H19N3O2S/c1-13(2,3)10-19(17,18)16-12-8-4-6-11(15-12)7-5-9-14/h4,6,8H,9-10,14H2,1-3H3,(H,15,16). The van der Waals surface area contributed by atoms with Crippen molar-refractivity contribution in [3.8, 4) is 11.8 Å². The van der Waals surface area contributed by atoms with Gasteiger partial charge in [-0.1, -0.05) is 32.8 Å². The largest absolute Gasteiger partial charge is 0.320 e. The summed E-state index contributed by atoms with van der Waals surface area (Å²) in [5.74, 6) is 5.73. The summed E-state index contributed by atoms with van der Waals surface area (Å²) in [4.78, 5) is 4.11. The fourth-order valence-corrected chi connectivity index (χ4v) is 3.11. The minimum absolute atomic E-state index is 0.0282. The molecule has 5 nitrogen and oxygen atoms in total. The van der Waals surface area contributed by atoms with Crippen LogP contribution in [0.4, 0.5) is 5.82 Å². The van der Waals surface area contributed by atoms with Crippen molar-refractivity contribution < 1.29 is 8.42 Å². The number of sulfonamides is 1. The highest BCUT2D eigenvalue weighted by atomic mass is 32.2. The highest BCUT2D eigenvalue weighted by molar-refractivity contribution is 7.92. The lowest BCUT2D eigenvalue weighted by Crippen LogP contribution is -2.26. The molecule has 0 fully saturated rings. The third-order valence-electron chi connectivity index (χ3n) is 1.95. The van der Waals surface area contributed by atoms with E-state index in [9.17, 15) is 8.42 Å². The van der Waals surface area contributed by atoms with E-state index in [2.05, 4.69) is 21.5 Å². The third kappa shape index (κ3) is 6.22. The van der Waals surface area contributed by atoms with Crippen LogP contribution < -0.4 is 10.5 Å². The molecule has 104 valence electrons. The molecule has 0 aromatic carbocycles. The van der Waals surface area contributed by atoms with Crippen molar-refractivity contribution in [3.05, 3.63) is 23.9 Å². The van der Waals surface area contributed by atoms with E-state index in [-0.39, 0.29) is 23.5 Å². The van der Waals surface area contributed by atoms with Gasteiger partial charge in [0.2, 0.25) is 10.0 Å². The number of rotatable bonds is 3. The molecule has 0 aliphatic carbocycles. The lowest BCUT2D eigenvalue weighted by molar-refractivity contribution is 0.463.